The first-order valence-electron chi connectivity index (χ1n) is 6.53. The number of nitrogens with one attached hydrogen (secondary N) is 1. The molecule has 7 nitrogen and oxygen atoms in total. The zero-order valence-electron chi connectivity index (χ0n) is 10.7. The minimum Gasteiger partial charge on any atom is -0.481 e. The molecule has 0 aromatic heterocycles. The van der Waals surface area contributed by atoms with Crippen molar-refractivity contribution in [3.05, 3.63) is 0 Å². The van der Waals surface area contributed by atoms with Gasteiger partial charge in [-0.3, -0.25) is 14.4 Å². The number of amides is 2. The van der Waals surface area contributed by atoms with Crippen LogP contribution in [0.4, 0.5) is 0 Å². The fourth-order valence-electron chi connectivity index (χ4n) is 2.83. The zero-order chi connectivity index (χ0) is 14.0. The predicted molar refractivity (Wildman–Crippen MR) is 66.1 cm³/mol. The van der Waals surface area contributed by atoms with Gasteiger partial charge in [-0.05, 0) is 12.8 Å². The van der Waals surface area contributed by atoms with Gasteiger partial charge in [-0.15, -0.1) is 0 Å². The Labute approximate surface area is 111 Å². The van der Waals surface area contributed by atoms with E-state index in [4.69, 9.17) is 10.8 Å². The number of hydrogen-bond acceptors (Lipinski definition) is 4. The lowest BCUT2D eigenvalue weighted by Gasteiger charge is -2.38. The van der Waals surface area contributed by atoms with Crippen molar-refractivity contribution < 1.29 is 19.5 Å². The average Bonchev–Trinajstić information content (AvgIpc) is 2.79. The summed E-state index contributed by atoms with van der Waals surface area (Å²) in [6.45, 7) is 0.665. The van der Waals surface area contributed by atoms with Gasteiger partial charge < -0.3 is 21.1 Å². The molecule has 19 heavy (non-hydrogen) atoms. The van der Waals surface area contributed by atoms with Gasteiger partial charge in [0.25, 0.3) is 0 Å². The van der Waals surface area contributed by atoms with Crippen LogP contribution in [0.15, 0.2) is 0 Å². The van der Waals surface area contributed by atoms with Gasteiger partial charge in [-0.25, -0.2) is 0 Å². The molecule has 0 radical (unpaired) electrons. The second-order valence-electron chi connectivity index (χ2n) is 5.27. The van der Waals surface area contributed by atoms with Gasteiger partial charge in [-0.1, -0.05) is 12.8 Å². The van der Waals surface area contributed by atoms with Crippen LogP contribution in [0.25, 0.3) is 0 Å². The second kappa shape index (κ2) is 5.16. The number of nitrogens with two attached hydrogens (primary N) is 1. The van der Waals surface area contributed by atoms with Crippen molar-refractivity contribution in [3.8, 4) is 0 Å². The van der Waals surface area contributed by atoms with Crippen LogP contribution in [-0.2, 0) is 14.4 Å². The van der Waals surface area contributed by atoms with Crippen molar-refractivity contribution in [1.82, 2.24) is 10.2 Å². The van der Waals surface area contributed by atoms with Gasteiger partial charge in [0, 0.05) is 13.1 Å². The maximum absolute atomic E-state index is 12.5. The number of rotatable bonds is 3. The molecule has 2 rings (SSSR count). The third kappa shape index (κ3) is 2.70. The maximum atomic E-state index is 12.5. The predicted octanol–water partition coefficient (Wildman–Crippen LogP) is -0.940. The van der Waals surface area contributed by atoms with Gasteiger partial charge in [-0.2, -0.15) is 0 Å². The van der Waals surface area contributed by atoms with Gasteiger partial charge in [0.2, 0.25) is 11.8 Å². The summed E-state index contributed by atoms with van der Waals surface area (Å²) >= 11 is 0. The Morgan fingerprint density at radius 1 is 1.42 bits per heavy atom. The number of piperazine rings is 1. The van der Waals surface area contributed by atoms with Gasteiger partial charge in [0.15, 0.2) is 0 Å². The van der Waals surface area contributed by atoms with E-state index < -0.39 is 23.5 Å². The van der Waals surface area contributed by atoms with Crippen LogP contribution < -0.4 is 11.1 Å². The van der Waals surface area contributed by atoms with E-state index in [-0.39, 0.29) is 12.3 Å². The highest BCUT2D eigenvalue weighted by Crippen LogP contribution is 2.30. The summed E-state index contributed by atoms with van der Waals surface area (Å²) < 4.78 is 0. The molecule has 0 spiro atoms. The molecule has 1 aliphatic heterocycles. The molecule has 2 fully saturated rings. The standard InChI is InChI=1S/C12H19N3O4/c13-12(3-1-2-4-12)11(19)15-6-5-14-10(18)8(15)7-9(16)17/h8H,1-7,13H2,(H,14,18)(H,16,17). The summed E-state index contributed by atoms with van der Waals surface area (Å²) in [5.74, 6) is -1.80. The Morgan fingerprint density at radius 3 is 2.63 bits per heavy atom. The second-order valence-corrected chi connectivity index (χ2v) is 5.27. The number of carbonyl (C=O) groups excluding carboxylic acids is 2. The number of aliphatic carboxylic acids is 1. The van der Waals surface area contributed by atoms with Crippen molar-refractivity contribution in [2.45, 2.75) is 43.7 Å². The quantitative estimate of drug-likeness (QED) is 0.612. The van der Waals surface area contributed by atoms with Crippen LogP contribution in [0.2, 0.25) is 0 Å². The summed E-state index contributed by atoms with van der Waals surface area (Å²) in [7, 11) is 0. The third-order valence-corrected chi connectivity index (χ3v) is 3.88. The van der Waals surface area contributed by atoms with E-state index in [9.17, 15) is 14.4 Å². The lowest BCUT2D eigenvalue weighted by molar-refractivity contribution is -0.151. The van der Waals surface area contributed by atoms with Crippen molar-refractivity contribution in [2.24, 2.45) is 5.73 Å². The van der Waals surface area contributed by atoms with E-state index in [2.05, 4.69) is 5.32 Å². The van der Waals surface area contributed by atoms with Crippen LogP contribution in [0.1, 0.15) is 32.1 Å². The minimum atomic E-state index is -1.10. The molecule has 106 valence electrons. The van der Waals surface area contributed by atoms with Crippen molar-refractivity contribution in [3.63, 3.8) is 0 Å². The molecule has 1 heterocycles. The number of carboxylic acid groups (broad SMARTS) is 1. The Balaban J connectivity index is 2.17. The highest BCUT2D eigenvalue weighted by atomic mass is 16.4. The zero-order valence-corrected chi connectivity index (χ0v) is 10.7. The number of hydrogen-bond donors (Lipinski definition) is 3. The highest BCUT2D eigenvalue weighted by molar-refractivity contribution is 5.94. The molecule has 0 bridgehead atoms. The van der Waals surface area contributed by atoms with E-state index in [1.165, 1.54) is 4.90 Å². The van der Waals surface area contributed by atoms with Crippen LogP contribution in [0.3, 0.4) is 0 Å². The van der Waals surface area contributed by atoms with Crippen LogP contribution in [-0.4, -0.2) is 52.5 Å². The molecule has 2 amide bonds. The number of carbonyl (C=O) groups is 3. The molecule has 4 N–H and O–H groups in total. The molecule has 7 heteroatoms. The van der Waals surface area contributed by atoms with Crippen LogP contribution in [0, 0.1) is 0 Å². The molecular formula is C12H19N3O4. The first-order valence-corrected chi connectivity index (χ1v) is 6.53. The highest BCUT2D eigenvalue weighted by Gasteiger charge is 2.44. The molecule has 0 aromatic carbocycles. The SMILES string of the molecule is NC1(C(=O)N2CCNC(=O)C2CC(=O)O)CCCC1. The van der Waals surface area contributed by atoms with E-state index >= 15 is 0 Å². The Morgan fingerprint density at radius 2 is 2.05 bits per heavy atom. The minimum absolute atomic E-state index is 0.286. The van der Waals surface area contributed by atoms with Crippen LogP contribution in [0.5, 0.6) is 0 Å². The monoisotopic (exact) mass is 269 g/mol. The van der Waals surface area contributed by atoms with Gasteiger partial charge in [0.1, 0.15) is 6.04 Å². The fourth-order valence-corrected chi connectivity index (χ4v) is 2.83. The number of nitrogens with zero attached hydrogens (tertiary/aromatic N) is 1. The van der Waals surface area contributed by atoms with E-state index in [1.807, 2.05) is 0 Å². The van der Waals surface area contributed by atoms with E-state index in [1.54, 1.807) is 0 Å². The van der Waals surface area contributed by atoms with Gasteiger partial charge in [0.05, 0.1) is 12.0 Å². The van der Waals surface area contributed by atoms with Crippen LogP contribution >= 0.6 is 0 Å². The Kier molecular flexibility index (Phi) is 3.75. The molecular weight excluding hydrogens is 250 g/mol. The lowest BCUT2D eigenvalue weighted by Crippen LogP contribution is -2.64. The van der Waals surface area contributed by atoms with Crippen molar-refractivity contribution in [1.29, 1.82) is 0 Å². The third-order valence-electron chi connectivity index (χ3n) is 3.88. The summed E-state index contributed by atoms with van der Waals surface area (Å²) in [5, 5.41) is 11.5. The summed E-state index contributed by atoms with van der Waals surface area (Å²) in [4.78, 5) is 36.4. The smallest absolute Gasteiger partial charge is 0.305 e. The molecule has 1 atom stereocenters. The molecule has 1 aliphatic carbocycles. The molecule has 2 aliphatic rings. The first-order chi connectivity index (χ1) is 8.94. The Bertz CT molecular complexity index is 404. The normalized spacial score (nSPS) is 26.1. The van der Waals surface area contributed by atoms with E-state index in [0.29, 0.717) is 25.9 Å². The summed E-state index contributed by atoms with van der Waals surface area (Å²) in [6, 6.07) is -0.945. The molecule has 0 aromatic rings. The maximum Gasteiger partial charge on any atom is 0.305 e. The summed E-state index contributed by atoms with van der Waals surface area (Å²) in [6.07, 6.45) is 2.61. The fraction of sp³-hybridized carbons (Fsp3) is 0.750. The van der Waals surface area contributed by atoms with Crippen molar-refractivity contribution >= 4 is 17.8 Å². The Hall–Kier alpha value is -1.63. The average molecular weight is 269 g/mol. The molecule has 1 unspecified atom stereocenters. The number of carboxylic acids is 1. The summed E-state index contributed by atoms with van der Waals surface area (Å²) in [5.41, 5.74) is 5.18. The largest absolute Gasteiger partial charge is 0.481 e. The topological polar surface area (TPSA) is 113 Å². The van der Waals surface area contributed by atoms with Gasteiger partial charge >= 0.3 is 5.97 Å². The molecule has 1 saturated heterocycles. The van der Waals surface area contributed by atoms with E-state index in [0.717, 1.165) is 12.8 Å². The lowest BCUT2D eigenvalue weighted by atomic mass is 9.95. The van der Waals surface area contributed by atoms with Crippen molar-refractivity contribution in [2.75, 3.05) is 13.1 Å². The first kappa shape index (κ1) is 13.8. The molecule has 1 saturated carbocycles.